The Labute approximate surface area is 116 Å². The van der Waals surface area contributed by atoms with E-state index in [4.69, 9.17) is 0 Å². The summed E-state index contributed by atoms with van der Waals surface area (Å²) in [5.74, 6) is 1.08. The fourth-order valence-corrected chi connectivity index (χ4v) is 2.91. The van der Waals surface area contributed by atoms with Gasteiger partial charge in [0, 0.05) is 25.3 Å². The number of rotatable bonds is 5. The second-order valence-electron chi connectivity index (χ2n) is 4.43. The molecule has 1 aliphatic rings. The highest BCUT2D eigenvalue weighted by atomic mass is 127. The first-order valence-electron chi connectivity index (χ1n) is 6.25. The van der Waals surface area contributed by atoms with Crippen LogP contribution in [-0.2, 0) is 0 Å². The molecule has 1 aromatic rings. The molecule has 0 spiro atoms. The third-order valence-electron chi connectivity index (χ3n) is 3.04. The van der Waals surface area contributed by atoms with Crippen LogP contribution in [0.5, 0.6) is 0 Å². The molecule has 0 aliphatic carbocycles. The van der Waals surface area contributed by atoms with Crippen molar-refractivity contribution in [1.29, 1.82) is 0 Å². The molecule has 0 amide bonds. The normalized spacial score (nSPS) is 19.5. The Morgan fingerprint density at radius 3 is 3.12 bits per heavy atom. The summed E-state index contributed by atoms with van der Waals surface area (Å²) in [6, 6.07) is 0.618. The Morgan fingerprint density at radius 1 is 1.59 bits per heavy atom. The highest BCUT2D eigenvalue weighted by Gasteiger charge is 2.19. The monoisotopic (exact) mass is 346 g/mol. The van der Waals surface area contributed by atoms with Gasteiger partial charge in [-0.25, -0.2) is 9.97 Å². The Balaban J connectivity index is 2.08. The summed E-state index contributed by atoms with van der Waals surface area (Å²) in [5.41, 5.74) is 0. The lowest BCUT2D eigenvalue weighted by molar-refractivity contribution is 0.574. The number of hydrogen-bond donors (Lipinski definition) is 1. The van der Waals surface area contributed by atoms with Crippen molar-refractivity contribution in [2.75, 3.05) is 24.5 Å². The molecular formula is C12H19IN4. The largest absolute Gasteiger partial charge is 0.354 e. The molecule has 0 radical (unpaired) electrons. The topological polar surface area (TPSA) is 41.0 Å². The van der Waals surface area contributed by atoms with Crippen LogP contribution >= 0.6 is 22.6 Å². The van der Waals surface area contributed by atoms with Crippen molar-refractivity contribution < 1.29 is 0 Å². The summed E-state index contributed by atoms with van der Waals surface area (Å²) >= 11 is 2.31. The van der Waals surface area contributed by atoms with E-state index in [9.17, 15) is 0 Å². The van der Waals surface area contributed by atoms with Gasteiger partial charge >= 0.3 is 0 Å². The average Bonchev–Trinajstić information content (AvgIpc) is 2.82. The number of hydrogen-bond acceptors (Lipinski definition) is 4. The second-order valence-corrected chi connectivity index (χ2v) is 5.60. The molecule has 17 heavy (non-hydrogen) atoms. The van der Waals surface area contributed by atoms with Gasteiger partial charge in [0.25, 0.3) is 0 Å². The van der Waals surface area contributed by atoms with Gasteiger partial charge in [-0.3, -0.25) is 0 Å². The summed E-state index contributed by atoms with van der Waals surface area (Å²) in [6.45, 7) is 5.49. The van der Waals surface area contributed by atoms with Crippen LogP contribution in [0.1, 0.15) is 26.2 Å². The van der Waals surface area contributed by atoms with Crippen molar-refractivity contribution in [3.05, 3.63) is 16.1 Å². The van der Waals surface area contributed by atoms with E-state index in [-0.39, 0.29) is 0 Å². The summed E-state index contributed by atoms with van der Waals surface area (Å²) in [5, 5.41) is 3.55. The zero-order valence-electron chi connectivity index (χ0n) is 10.2. The van der Waals surface area contributed by atoms with Gasteiger partial charge in [0.05, 0.1) is 3.57 Å². The summed E-state index contributed by atoms with van der Waals surface area (Å²) < 4.78 is 1.14. The second kappa shape index (κ2) is 6.49. The Hall–Kier alpha value is -0.430. The van der Waals surface area contributed by atoms with Crippen molar-refractivity contribution in [3.63, 3.8) is 0 Å². The molecule has 1 unspecified atom stereocenters. The zero-order valence-corrected chi connectivity index (χ0v) is 12.4. The Morgan fingerprint density at radius 2 is 2.47 bits per heavy atom. The fourth-order valence-electron chi connectivity index (χ4n) is 2.27. The van der Waals surface area contributed by atoms with Gasteiger partial charge in [-0.15, -0.1) is 0 Å². The Bertz CT molecular complexity index is 352. The first kappa shape index (κ1) is 13.0. The van der Waals surface area contributed by atoms with E-state index >= 15 is 0 Å². The van der Waals surface area contributed by atoms with Gasteiger partial charge in [-0.2, -0.15) is 0 Å². The van der Waals surface area contributed by atoms with Gasteiger partial charge in [0.15, 0.2) is 0 Å². The third-order valence-corrected chi connectivity index (χ3v) is 3.81. The standard InChI is InChI=1S/C12H19IN4/c1-2-6-17(8-10-4-3-5-15-10)12-11(13)7-14-9-16-12/h7,9-10,15H,2-6,8H2,1H3. The molecule has 4 nitrogen and oxygen atoms in total. The molecule has 5 heteroatoms. The third kappa shape index (κ3) is 3.51. The minimum Gasteiger partial charge on any atom is -0.354 e. The molecule has 1 N–H and O–H groups in total. The van der Waals surface area contributed by atoms with Crippen LogP contribution in [0.3, 0.4) is 0 Å². The van der Waals surface area contributed by atoms with E-state index in [1.807, 2.05) is 6.20 Å². The van der Waals surface area contributed by atoms with Crippen LogP contribution in [0, 0.1) is 3.57 Å². The fraction of sp³-hybridized carbons (Fsp3) is 0.667. The van der Waals surface area contributed by atoms with E-state index in [1.165, 1.54) is 12.8 Å². The van der Waals surface area contributed by atoms with Crippen LogP contribution in [0.2, 0.25) is 0 Å². The first-order chi connectivity index (χ1) is 8.31. The number of nitrogens with zero attached hydrogens (tertiary/aromatic N) is 3. The molecule has 94 valence electrons. The van der Waals surface area contributed by atoms with Crippen molar-refractivity contribution in [2.45, 2.75) is 32.2 Å². The number of anilines is 1. The van der Waals surface area contributed by atoms with Crippen LogP contribution in [0.15, 0.2) is 12.5 Å². The molecule has 2 heterocycles. The molecular weight excluding hydrogens is 327 g/mol. The van der Waals surface area contributed by atoms with Gasteiger partial charge in [-0.1, -0.05) is 6.92 Å². The molecule has 1 fully saturated rings. The summed E-state index contributed by atoms with van der Waals surface area (Å²) in [4.78, 5) is 10.9. The number of nitrogens with one attached hydrogen (secondary N) is 1. The molecule has 1 atom stereocenters. The average molecular weight is 346 g/mol. The Kier molecular flexibility index (Phi) is 4.97. The van der Waals surface area contributed by atoms with Crippen LogP contribution < -0.4 is 10.2 Å². The van der Waals surface area contributed by atoms with Gasteiger partial charge in [0.1, 0.15) is 12.1 Å². The van der Waals surface area contributed by atoms with Crippen molar-refractivity contribution in [1.82, 2.24) is 15.3 Å². The maximum absolute atomic E-state index is 4.42. The lowest BCUT2D eigenvalue weighted by Gasteiger charge is -2.27. The molecule has 1 aromatic heterocycles. The SMILES string of the molecule is CCCN(CC1CCCN1)c1ncncc1I. The molecule has 1 aliphatic heterocycles. The minimum absolute atomic E-state index is 0.618. The molecule has 0 aromatic carbocycles. The molecule has 0 saturated carbocycles. The minimum atomic E-state index is 0.618. The number of halogens is 1. The van der Waals surface area contributed by atoms with E-state index < -0.39 is 0 Å². The van der Waals surface area contributed by atoms with E-state index in [0.717, 1.165) is 35.4 Å². The van der Waals surface area contributed by atoms with Gasteiger partial charge < -0.3 is 10.2 Å². The maximum Gasteiger partial charge on any atom is 0.145 e. The van der Waals surface area contributed by atoms with Crippen LogP contribution in [-0.4, -0.2) is 35.6 Å². The smallest absolute Gasteiger partial charge is 0.145 e. The molecule has 0 bridgehead atoms. The molecule has 1 saturated heterocycles. The highest BCUT2D eigenvalue weighted by Crippen LogP contribution is 2.20. The predicted octanol–water partition coefficient (Wildman–Crippen LogP) is 2.05. The van der Waals surface area contributed by atoms with Crippen molar-refractivity contribution in [2.24, 2.45) is 0 Å². The maximum atomic E-state index is 4.42. The van der Waals surface area contributed by atoms with Gasteiger partial charge in [0.2, 0.25) is 0 Å². The number of aromatic nitrogens is 2. The van der Waals surface area contributed by atoms with Gasteiger partial charge in [-0.05, 0) is 48.4 Å². The zero-order chi connectivity index (χ0) is 12.1. The van der Waals surface area contributed by atoms with Crippen LogP contribution in [0.25, 0.3) is 0 Å². The predicted molar refractivity (Wildman–Crippen MR) is 78.3 cm³/mol. The lowest BCUT2D eigenvalue weighted by atomic mass is 10.2. The van der Waals surface area contributed by atoms with Crippen molar-refractivity contribution >= 4 is 28.4 Å². The quantitative estimate of drug-likeness (QED) is 0.829. The highest BCUT2D eigenvalue weighted by molar-refractivity contribution is 14.1. The van der Waals surface area contributed by atoms with E-state index in [1.54, 1.807) is 6.33 Å². The van der Waals surface area contributed by atoms with Crippen LogP contribution in [0.4, 0.5) is 5.82 Å². The lowest BCUT2D eigenvalue weighted by Crippen LogP contribution is -2.38. The first-order valence-corrected chi connectivity index (χ1v) is 7.33. The summed E-state index contributed by atoms with van der Waals surface area (Å²) in [7, 11) is 0. The van der Waals surface area contributed by atoms with Crippen molar-refractivity contribution in [3.8, 4) is 0 Å². The summed E-state index contributed by atoms with van der Waals surface area (Å²) in [6.07, 6.45) is 7.25. The molecule has 2 rings (SSSR count). The van der Waals surface area contributed by atoms with E-state index in [2.05, 4.69) is 49.7 Å². The van der Waals surface area contributed by atoms with E-state index in [0.29, 0.717) is 6.04 Å².